The van der Waals surface area contributed by atoms with Gasteiger partial charge in [0, 0.05) is 13.0 Å². The topological polar surface area (TPSA) is 32.3 Å². The summed E-state index contributed by atoms with van der Waals surface area (Å²) < 4.78 is 40.3. The number of rotatable bonds is 2. The first-order chi connectivity index (χ1) is 9.59. The quantitative estimate of drug-likeness (QED) is 0.908. The molecule has 1 N–H and O–H groups in total. The van der Waals surface area contributed by atoms with Gasteiger partial charge in [-0.2, -0.15) is 13.2 Å². The molecule has 0 aromatic heterocycles. The second-order valence-electron chi connectivity index (χ2n) is 6.30. The molecule has 6 heteroatoms. The molecule has 0 bridgehead atoms. The molecule has 0 radical (unpaired) electrons. The number of nitrogens with zero attached hydrogens (tertiary/aromatic N) is 1. The van der Waals surface area contributed by atoms with Crippen molar-refractivity contribution in [2.45, 2.75) is 44.8 Å². The van der Waals surface area contributed by atoms with E-state index in [0.717, 1.165) is 10.6 Å². The Labute approximate surface area is 122 Å². The maximum absolute atomic E-state index is 13.4. The highest BCUT2D eigenvalue weighted by molar-refractivity contribution is 5.77. The predicted molar refractivity (Wildman–Crippen MR) is 73.4 cm³/mol. The lowest BCUT2D eigenvalue weighted by Gasteiger charge is -2.30. The van der Waals surface area contributed by atoms with Crippen LogP contribution in [0.1, 0.15) is 44.4 Å². The SMILES string of the molecule is CC(C)(C)c1cccc(C(N2CCC(=O)N2)C(F)(F)F)c1. The van der Waals surface area contributed by atoms with E-state index in [1.807, 2.05) is 26.8 Å². The average molecular weight is 300 g/mol. The molecule has 0 aliphatic carbocycles. The number of hydrazine groups is 1. The van der Waals surface area contributed by atoms with E-state index in [1.165, 1.54) is 6.07 Å². The Morgan fingerprint density at radius 1 is 1.24 bits per heavy atom. The van der Waals surface area contributed by atoms with Gasteiger partial charge in [-0.15, -0.1) is 0 Å². The van der Waals surface area contributed by atoms with Gasteiger partial charge < -0.3 is 0 Å². The Bertz CT molecular complexity index is 534. The van der Waals surface area contributed by atoms with Gasteiger partial charge in [0.25, 0.3) is 0 Å². The van der Waals surface area contributed by atoms with Crippen LogP contribution in [0, 0.1) is 0 Å². The molecule has 116 valence electrons. The number of nitrogens with one attached hydrogen (secondary N) is 1. The van der Waals surface area contributed by atoms with E-state index in [0.29, 0.717) is 0 Å². The van der Waals surface area contributed by atoms with Crippen molar-refractivity contribution >= 4 is 5.91 Å². The summed E-state index contributed by atoms with van der Waals surface area (Å²) in [4.78, 5) is 11.2. The van der Waals surface area contributed by atoms with Crippen LogP contribution in [0.2, 0.25) is 0 Å². The van der Waals surface area contributed by atoms with Crippen LogP contribution >= 0.6 is 0 Å². The number of carbonyl (C=O) groups excluding carboxylic acids is 1. The minimum Gasteiger partial charge on any atom is -0.288 e. The molecule has 21 heavy (non-hydrogen) atoms. The molecule has 1 aromatic rings. The number of hydrogen-bond acceptors (Lipinski definition) is 2. The van der Waals surface area contributed by atoms with E-state index in [4.69, 9.17) is 0 Å². The van der Waals surface area contributed by atoms with Crippen molar-refractivity contribution in [2.24, 2.45) is 0 Å². The van der Waals surface area contributed by atoms with Gasteiger partial charge in [-0.25, -0.2) is 5.01 Å². The Morgan fingerprint density at radius 2 is 1.90 bits per heavy atom. The summed E-state index contributed by atoms with van der Waals surface area (Å²) in [5.74, 6) is -0.378. The maximum Gasteiger partial charge on any atom is 0.409 e. The van der Waals surface area contributed by atoms with Crippen molar-refractivity contribution in [2.75, 3.05) is 6.54 Å². The van der Waals surface area contributed by atoms with Gasteiger partial charge in [-0.3, -0.25) is 10.2 Å². The van der Waals surface area contributed by atoms with E-state index >= 15 is 0 Å². The molecule has 1 aromatic carbocycles. The van der Waals surface area contributed by atoms with Crippen LogP contribution < -0.4 is 5.43 Å². The molecule has 1 fully saturated rings. The summed E-state index contributed by atoms with van der Waals surface area (Å²) in [6, 6.07) is 4.67. The lowest BCUT2D eigenvalue weighted by Crippen LogP contribution is -2.43. The van der Waals surface area contributed by atoms with Crippen molar-refractivity contribution in [1.29, 1.82) is 0 Å². The number of hydrogen-bond donors (Lipinski definition) is 1. The first kappa shape index (κ1) is 15.8. The van der Waals surface area contributed by atoms with Crippen LogP contribution in [0.3, 0.4) is 0 Å². The second-order valence-corrected chi connectivity index (χ2v) is 6.30. The molecule has 1 heterocycles. The summed E-state index contributed by atoms with van der Waals surface area (Å²) in [5.41, 5.74) is 3.04. The lowest BCUT2D eigenvalue weighted by atomic mass is 9.85. The van der Waals surface area contributed by atoms with Crippen LogP contribution in [-0.4, -0.2) is 23.6 Å². The van der Waals surface area contributed by atoms with Gasteiger partial charge in [-0.1, -0.05) is 45.0 Å². The van der Waals surface area contributed by atoms with Crippen LogP contribution in [0.25, 0.3) is 0 Å². The fraction of sp³-hybridized carbons (Fsp3) is 0.533. The smallest absolute Gasteiger partial charge is 0.288 e. The Hall–Kier alpha value is -1.56. The highest BCUT2D eigenvalue weighted by Crippen LogP contribution is 2.39. The second kappa shape index (κ2) is 5.33. The molecule has 0 spiro atoms. The van der Waals surface area contributed by atoms with Crippen LogP contribution in [0.5, 0.6) is 0 Å². The number of amides is 1. The first-order valence-electron chi connectivity index (χ1n) is 6.82. The lowest BCUT2D eigenvalue weighted by molar-refractivity contribution is -0.191. The minimum absolute atomic E-state index is 0.0583. The molecular formula is C15H19F3N2O. The van der Waals surface area contributed by atoms with Crippen molar-refractivity contribution < 1.29 is 18.0 Å². The van der Waals surface area contributed by atoms with Gasteiger partial charge in [0.2, 0.25) is 5.91 Å². The van der Waals surface area contributed by atoms with Crippen molar-refractivity contribution in [3.05, 3.63) is 35.4 Å². The van der Waals surface area contributed by atoms with Crippen molar-refractivity contribution in [3.63, 3.8) is 0 Å². The third-order valence-corrected chi connectivity index (χ3v) is 3.54. The highest BCUT2D eigenvalue weighted by atomic mass is 19.4. The van der Waals surface area contributed by atoms with Gasteiger partial charge in [0.1, 0.15) is 6.04 Å². The van der Waals surface area contributed by atoms with Crippen LogP contribution in [0.4, 0.5) is 13.2 Å². The van der Waals surface area contributed by atoms with Gasteiger partial charge in [0.15, 0.2) is 0 Å². The third kappa shape index (κ3) is 3.56. The molecule has 1 amide bonds. The van der Waals surface area contributed by atoms with Crippen LogP contribution in [-0.2, 0) is 10.2 Å². The number of halogens is 3. The number of benzene rings is 1. The zero-order valence-electron chi connectivity index (χ0n) is 12.3. The minimum atomic E-state index is -4.45. The standard InChI is InChI=1S/C15H19F3N2O/c1-14(2,3)11-6-4-5-10(9-11)13(15(16,17)18)20-8-7-12(21)19-20/h4-6,9,13H,7-8H2,1-3H3,(H,19,21). The third-order valence-electron chi connectivity index (χ3n) is 3.54. The van der Waals surface area contributed by atoms with E-state index < -0.39 is 12.2 Å². The molecule has 1 saturated heterocycles. The molecule has 1 aliphatic rings. The van der Waals surface area contributed by atoms with E-state index in [2.05, 4.69) is 5.43 Å². The molecule has 3 nitrogen and oxygen atoms in total. The maximum atomic E-state index is 13.4. The Balaban J connectivity index is 2.40. The summed E-state index contributed by atoms with van der Waals surface area (Å²) in [5, 5.41) is 0.976. The normalized spacial score (nSPS) is 18.7. The summed E-state index contributed by atoms with van der Waals surface area (Å²) in [6.07, 6.45) is -4.36. The largest absolute Gasteiger partial charge is 0.409 e. The van der Waals surface area contributed by atoms with Crippen molar-refractivity contribution in [1.82, 2.24) is 10.4 Å². The zero-order valence-corrected chi connectivity index (χ0v) is 12.3. The molecule has 1 atom stereocenters. The monoisotopic (exact) mass is 300 g/mol. The van der Waals surface area contributed by atoms with E-state index in [-0.39, 0.29) is 29.9 Å². The van der Waals surface area contributed by atoms with Crippen molar-refractivity contribution in [3.8, 4) is 0 Å². The summed E-state index contributed by atoms with van der Waals surface area (Å²) >= 11 is 0. The Kier molecular flexibility index (Phi) is 4.02. The van der Waals surface area contributed by atoms with E-state index in [9.17, 15) is 18.0 Å². The van der Waals surface area contributed by atoms with Gasteiger partial charge >= 0.3 is 6.18 Å². The Morgan fingerprint density at radius 3 is 2.38 bits per heavy atom. The summed E-state index contributed by atoms with van der Waals surface area (Å²) in [6.45, 7) is 5.91. The average Bonchev–Trinajstić information content (AvgIpc) is 2.73. The molecule has 1 unspecified atom stereocenters. The number of carbonyl (C=O) groups is 1. The number of alkyl halides is 3. The van der Waals surface area contributed by atoms with E-state index in [1.54, 1.807) is 12.1 Å². The fourth-order valence-electron chi connectivity index (χ4n) is 2.41. The highest BCUT2D eigenvalue weighted by Gasteiger charge is 2.47. The molecule has 1 aliphatic heterocycles. The molecule has 0 saturated carbocycles. The van der Waals surface area contributed by atoms with Gasteiger partial charge in [-0.05, 0) is 16.5 Å². The summed E-state index contributed by atoms with van der Waals surface area (Å²) in [7, 11) is 0. The van der Waals surface area contributed by atoms with Gasteiger partial charge in [0.05, 0.1) is 0 Å². The molecule has 2 rings (SSSR count). The zero-order chi connectivity index (χ0) is 15.8. The predicted octanol–water partition coefficient (Wildman–Crippen LogP) is 3.32. The first-order valence-corrected chi connectivity index (χ1v) is 6.82. The fourth-order valence-corrected chi connectivity index (χ4v) is 2.41. The molecular weight excluding hydrogens is 281 g/mol. The van der Waals surface area contributed by atoms with Crippen LogP contribution in [0.15, 0.2) is 24.3 Å².